The van der Waals surface area contributed by atoms with Gasteiger partial charge >= 0.3 is 0 Å². The first kappa shape index (κ1) is 19.1. The van der Waals surface area contributed by atoms with Crippen LogP contribution in [-0.2, 0) is 14.8 Å². The van der Waals surface area contributed by atoms with Gasteiger partial charge in [-0.1, -0.05) is 12.1 Å². The van der Waals surface area contributed by atoms with E-state index in [9.17, 15) is 18.0 Å². The zero-order valence-corrected chi connectivity index (χ0v) is 16.0. The molecule has 2 aromatic carbocycles. The number of hydrogen-bond donors (Lipinski definition) is 2. The van der Waals surface area contributed by atoms with E-state index < -0.39 is 15.9 Å². The monoisotopic (exact) mass is 387 g/mol. The summed E-state index contributed by atoms with van der Waals surface area (Å²) >= 11 is 0. The highest BCUT2D eigenvalue weighted by Crippen LogP contribution is 2.28. The van der Waals surface area contributed by atoms with Crippen LogP contribution in [0.15, 0.2) is 47.4 Å². The minimum absolute atomic E-state index is 0.0184. The van der Waals surface area contributed by atoms with Gasteiger partial charge in [0.2, 0.25) is 15.9 Å². The third kappa shape index (κ3) is 4.01. The van der Waals surface area contributed by atoms with Crippen LogP contribution in [-0.4, -0.2) is 33.8 Å². The molecule has 0 spiro atoms. The van der Waals surface area contributed by atoms with E-state index in [0.29, 0.717) is 18.7 Å². The van der Waals surface area contributed by atoms with Gasteiger partial charge < -0.3 is 10.2 Å². The number of hydrogen-bond acceptors (Lipinski definition) is 4. The fourth-order valence-electron chi connectivity index (χ4n) is 3.01. The molecule has 1 saturated heterocycles. The van der Waals surface area contributed by atoms with Crippen LogP contribution in [0.5, 0.6) is 0 Å². The van der Waals surface area contributed by atoms with Crippen molar-refractivity contribution in [2.75, 3.05) is 23.8 Å². The summed E-state index contributed by atoms with van der Waals surface area (Å²) in [6.07, 6.45) is 1.35. The summed E-state index contributed by atoms with van der Waals surface area (Å²) in [6.45, 7) is 2.58. The maximum Gasteiger partial charge on any atom is 0.255 e. The minimum atomic E-state index is -3.63. The van der Waals surface area contributed by atoms with Gasteiger partial charge in [0.1, 0.15) is 0 Å². The van der Waals surface area contributed by atoms with Crippen LogP contribution in [0.1, 0.15) is 28.8 Å². The number of benzene rings is 2. The predicted octanol–water partition coefficient (Wildman–Crippen LogP) is 2.28. The quantitative estimate of drug-likeness (QED) is 0.823. The Hall–Kier alpha value is -2.71. The molecule has 1 heterocycles. The second-order valence-electron chi connectivity index (χ2n) is 6.34. The molecule has 2 aromatic rings. The molecular formula is C19H21N3O4S. The molecule has 8 heteroatoms. The highest BCUT2D eigenvalue weighted by molar-refractivity contribution is 7.89. The number of rotatable bonds is 5. The van der Waals surface area contributed by atoms with E-state index in [4.69, 9.17) is 0 Å². The lowest BCUT2D eigenvalue weighted by Gasteiger charge is -2.19. The van der Waals surface area contributed by atoms with Gasteiger partial charge in [0.15, 0.2) is 0 Å². The molecule has 7 nitrogen and oxygen atoms in total. The largest absolute Gasteiger partial charge is 0.322 e. The van der Waals surface area contributed by atoms with E-state index in [1.54, 1.807) is 23.1 Å². The van der Waals surface area contributed by atoms with Crippen LogP contribution in [0.25, 0.3) is 0 Å². The predicted molar refractivity (Wildman–Crippen MR) is 103 cm³/mol. The third-order valence-electron chi connectivity index (χ3n) is 4.51. The summed E-state index contributed by atoms with van der Waals surface area (Å²) in [7, 11) is -2.32. The molecule has 0 unspecified atom stereocenters. The Bertz CT molecular complexity index is 1000. The van der Waals surface area contributed by atoms with Crippen molar-refractivity contribution in [1.82, 2.24) is 4.72 Å². The first-order valence-corrected chi connectivity index (χ1v) is 10.1. The van der Waals surface area contributed by atoms with Gasteiger partial charge in [-0.3, -0.25) is 9.59 Å². The van der Waals surface area contributed by atoms with Gasteiger partial charge in [0, 0.05) is 29.9 Å². The Labute approximate surface area is 158 Å². The Morgan fingerprint density at radius 2 is 1.93 bits per heavy atom. The highest BCUT2D eigenvalue weighted by atomic mass is 32.2. The lowest BCUT2D eigenvalue weighted by atomic mass is 10.1. The first-order chi connectivity index (χ1) is 12.8. The fourth-order valence-corrected chi connectivity index (χ4v) is 3.78. The summed E-state index contributed by atoms with van der Waals surface area (Å²) in [5.41, 5.74) is 2.50. The van der Waals surface area contributed by atoms with Crippen LogP contribution in [0, 0.1) is 6.92 Å². The number of amides is 2. The molecule has 0 aromatic heterocycles. The SMILES string of the molecule is CNS(=O)(=O)c1cccc(C(=O)Nc2ccc(C)c(N3CCCC3=O)c2)c1. The maximum atomic E-state index is 12.6. The summed E-state index contributed by atoms with van der Waals surface area (Å²) in [5, 5.41) is 2.77. The Balaban J connectivity index is 1.85. The van der Waals surface area contributed by atoms with Crippen molar-refractivity contribution in [3.63, 3.8) is 0 Å². The van der Waals surface area contributed by atoms with Crippen LogP contribution < -0.4 is 14.9 Å². The minimum Gasteiger partial charge on any atom is -0.322 e. The maximum absolute atomic E-state index is 12.6. The molecule has 2 N–H and O–H groups in total. The Morgan fingerprint density at radius 3 is 2.59 bits per heavy atom. The van der Waals surface area contributed by atoms with Gasteiger partial charge in [-0.25, -0.2) is 13.1 Å². The second kappa shape index (κ2) is 7.50. The van der Waals surface area contributed by atoms with E-state index in [-0.39, 0.29) is 16.4 Å². The molecule has 142 valence electrons. The van der Waals surface area contributed by atoms with E-state index in [1.807, 2.05) is 13.0 Å². The van der Waals surface area contributed by atoms with Crippen molar-refractivity contribution in [3.8, 4) is 0 Å². The summed E-state index contributed by atoms with van der Waals surface area (Å²) in [6, 6.07) is 11.2. The number of anilines is 2. The van der Waals surface area contributed by atoms with Crippen LogP contribution >= 0.6 is 0 Å². The topological polar surface area (TPSA) is 95.6 Å². The molecule has 2 amide bonds. The van der Waals surface area contributed by atoms with E-state index in [2.05, 4.69) is 10.0 Å². The van der Waals surface area contributed by atoms with Crippen molar-refractivity contribution in [2.45, 2.75) is 24.7 Å². The van der Waals surface area contributed by atoms with Crippen molar-refractivity contribution in [2.24, 2.45) is 0 Å². The van der Waals surface area contributed by atoms with Gasteiger partial charge in [-0.15, -0.1) is 0 Å². The molecule has 0 aliphatic carbocycles. The first-order valence-electron chi connectivity index (χ1n) is 8.58. The molecule has 3 rings (SSSR count). The molecular weight excluding hydrogens is 366 g/mol. The van der Waals surface area contributed by atoms with Crippen LogP contribution in [0.2, 0.25) is 0 Å². The standard InChI is InChI=1S/C19H21N3O4S/c1-13-8-9-15(12-17(13)22-10-4-7-18(22)23)21-19(24)14-5-3-6-16(11-14)27(25,26)20-2/h3,5-6,8-9,11-12,20H,4,7,10H2,1-2H3,(H,21,24). The lowest BCUT2D eigenvalue weighted by Crippen LogP contribution is -2.24. The fraction of sp³-hybridized carbons (Fsp3) is 0.263. The van der Waals surface area contributed by atoms with E-state index in [0.717, 1.165) is 17.7 Å². The van der Waals surface area contributed by atoms with Crippen LogP contribution in [0.4, 0.5) is 11.4 Å². The number of sulfonamides is 1. The Kier molecular flexibility index (Phi) is 5.29. The van der Waals surface area contributed by atoms with Crippen molar-refractivity contribution in [1.29, 1.82) is 0 Å². The zero-order chi connectivity index (χ0) is 19.6. The van der Waals surface area contributed by atoms with E-state index >= 15 is 0 Å². The van der Waals surface area contributed by atoms with Crippen molar-refractivity contribution >= 4 is 33.2 Å². The van der Waals surface area contributed by atoms with Gasteiger partial charge in [-0.05, 0) is 56.3 Å². The smallest absolute Gasteiger partial charge is 0.255 e. The van der Waals surface area contributed by atoms with Gasteiger partial charge in [0.05, 0.1) is 4.90 Å². The molecule has 1 aliphatic rings. The second-order valence-corrected chi connectivity index (χ2v) is 8.23. The van der Waals surface area contributed by atoms with E-state index in [1.165, 1.54) is 25.2 Å². The molecule has 0 bridgehead atoms. The molecule has 27 heavy (non-hydrogen) atoms. The number of nitrogens with one attached hydrogen (secondary N) is 2. The third-order valence-corrected chi connectivity index (χ3v) is 5.92. The average Bonchev–Trinajstić information content (AvgIpc) is 3.09. The van der Waals surface area contributed by atoms with Gasteiger partial charge in [-0.2, -0.15) is 0 Å². The average molecular weight is 387 g/mol. The van der Waals surface area contributed by atoms with Crippen molar-refractivity contribution < 1.29 is 18.0 Å². The van der Waals surface area contributed by atoms with Gasteiger partial charge in [0.25, 0.3) is 5.91 Å². The Morgan fingerprint density at radius 1 is 1.15 bits per heavy atom. The lowest BCUT2D eigenvalue weighted by molar-refractivity contribution is -0.117. The summed E-state index contributed by atoms with van der Waals surface area (Å²) in [5.74, 6) is -0.350. The normalized spacial score (nSPS) is 14.4. The highest BCUT2D eigenvalue weighted by Gasteiger charge is 2.23. The number of nitrogens with zero attached hydrogens (tertiary/aromatic N) is 1. The number of carbonyl (C=O) groups excluding carboxylic acids is 2. The molecule has 1 fully saturated rings. The van der Waals surface area contributed by atoms with Crippen molar-refractivity contribution in [3.05, 3.63) is 53.6 Å². The summed E-state index contributed by atoms with van der Waals surface area (Å²) in [4.78, 5) is 26.3. The summed E-state index contributed by atoms with van der Waals surface area (Å²) < 4.78 is 26.1. The van der Waals surface area contributed by atoms with Crippen LogP contribution in [0.3, 0.4) is 0 Å². The molecule has 1 aliphatic heterocycles. The zero-order valence-electron chi connectivity index (χ0n) is 15.2. The molecule has 0 radical (unpaired) electrons. The number of carbonyl (C=O) groups is 2. The molecule has 0 saturated carbocycles. The number of aryl methyl sites for hydroxylation is 1. The molecule has 0 atom stereocenters.